The highest BCUT2D eigenvalue weighted by atomic mass is 16.1. The van der Waals surface area contributed by atoms with E-state index in [0.717, 1.165) is 24.2 Å². The summed E-state index contributed by atoms with van der Waals surface area (Å²) in [4.78, 5) is 16.1. The van der Waals surface area contributed by atoms with Crippen molar-refractivity contribution in [2.45, 2.75) is 26.7 Å². The molecule has 0 aliphatic heterocycles. The molecule has 3 rings (SSSR count). The highest BCUT2D eigenvalue weighted by Gasteiger charge is 2.10. The molecule has 0 saturated carbocycles. The van der Waals surface area contributed by atoms with Crippen molar-refractivity contribution in [2.75, 3.05) is 5.73 Å². The molecule has 2 heterocycles. The van der Waals surface area contributed by atoms with E-state index in [1.54, 1.807) is 0 Å². The monoisotopic (exact) mass is 297 g/mol. The number of aromatic amines is 1. The summed E-state index contributed by atoms with van der Waals surface area (Å²) in [7, 11) is 0. The van der Waals surface area contributed by atoms with Crippen LogP contribution in [0.4, 0.5) is 5.69 Å². The summed E-state index contributed by atoms with van der Waals surface area (Å²) in [5.74, 6) is 1.09. The third-order valence-corrected chi connectivity index (χ3v) is 3.74. The van der Waals surface area contributed by atoms with Crippen LogP contribution in [0.3, 0.4) is 0 Å². The van der Waals surface area contributed by atoms with Crippen molar-refractivity contribution < 1.29 is 0 Å². The molecule has 6 heteroatoms. The molecule has 0 aliphatic carbocycles. The molecule has 0 bridgehead atoms. The molecular weight excluding hydrogens is 278 g/mol. The quantitative estimate of drug-likeness (QED) is 0.718. The predicted octanol–water partition coefficient (Wildman–Crippen LogP) is 1.73. The second-order valence-corrected chi connectivity index (χ2v) is 5.77. The number of nitrogens with zero attached hydrogens (tertiary/aromatic N) is 3. The topological polar surface area (TPSA) is 89.1 Å². The zero-order valence-electron chi connectivity index (χ0n) is 12.7. The maximum atomic E-state index is 11.6. The summed E-state index contributed by atoms with van der Waals surface area (Å²) in [6, 6.07) is 9.83. The molecule has 0 radical (unpaired) electrons. The van der Waals surface area contributed by atoms with Gasteiger partial charge in [-0.1, -0.05) is 19.1 Å². The first-order valence-corrected chi connectivity index (χ1v) is 7.31. The number of aryl methyl sites for hydroxylation is 1. The SMILES string of the molecule is Cc1nc(CC(C)Cc2ccc(N)cc2)cc2n[nH]c(=O)n12. The molecule has 3 N–H and O–H groups in total. The van der Waals surface area contributed by atoms with E-state index in [0.29, 0.717) is 17.4 Å². The van der Waals surface area contributed by atoms with Crippen molar-refractivity contribution in [1.29, 1.82) is 0 Å². The number of anilines is 1. The van der Waals surface area contributed by atoms with Gasteiger partial charge in [0.1, 0.15) is 5.82 Å². The van der Waals surface area contributed by atoms with E-state index >= 15 is 0 Å². The van der Waals surface area contributed by atoms with E-state index in [1.807, 2.05) is 25.1 Å². The van der Waals surface area contributed by atoms with Crippen molar-refractivity contribution >= 4 is 11.3 Å². The van der Waals surface area contributed by atoms with E-state index in [4.69, 9.17) is 5.73 Å². The fraction of sp³-hybridized carbons (Fsp3) is 0.312. The van der Waals surface area contributed by atoms with Crippen molar-refractivity contribution in [3.63, 3.8) is 0 Å². The Morgan fingerprint density at radius 2 is 2.00 bits per heavy atom. The van der Waals surface area contributed by atoms with Gasteiger partial charge in [0.05, 0.1) is 0 Å². The highest BCUT2D eigenvalue weighted by Crippen LogP contribution is 2.15. The van der Waals surface area contributed by atoms with Gasteiger partial charge in [-0.2, -0.15) is 5.10 Å². The number of nitrogen functional groups attached to an aromatic ring is 1. The molecule has 0 spiro atoms. The lowest BCUT2D eigenvalue weighted by atomic mass is 9.96. The van der Waals surface area contributed by atoms with Gasteiger partial charge in [0, 0.05) is 17.4 Å². The van der Waals surface area contributed by atoms with Crippen LogP contribution in [0.2, 0.25) is 0 Å². The largest absolute Gasteiger partial charge is 0.399 e. The van der Waals surface area contributed by atoms with Crippen molar-refractivity contribution in [1.82, 2.24) is 19.6 Å². The molecule has 6 nitrogen and oxygen atoms in total. The van der Waals surface area contributed by atoms with Crippen LogP contribution in [-0.4, -0.2) is 19.6 Å². The molecule has 0 fully saturated rings. The zero-order valence-corrected chi connectivity index (χ0v) is 12.7. The Balaban J connectivity index is 1.77. The van der Waals surface area contributed by atoms with Crippen LogP contribution in [0.25, 0.3) is 5.65 Å². The fourth-order valence-electron chi connectivity index (χ4n) is 2.75. The molecule has 1 aromatic carbocycles. The van der Waals surface area contributed by atoms with E-state index < -0.39 is 0 Å². The number of fused-ring (bicyclic) bond motifs is 1. The maximum Gasteiger partial charge on any atom is 0.349 e. The second kappa shape index (κ2) is 5.63. The Bertz CT molecular complexity index is 847. The fourth-order valence-corrected chi connectivity index (χ4v) is 2.75. The molecule has 0 saturated heterocycles. The number of nitrogens with one attached hydrogen (secondary N) is 1. The van der Waals surface area contributed by atoms with E-state index in [1.165, 1.54) is 9.96 Å². The van der Waals surface area contributed by atoms with Gasteiger partial charge in [0.2, 0.25) is 0 Å². The zero-order chi connectivity index (χ0) is 15.7. The first-order chi connectivity index (χ1) is 10.5. The molecule has 1 unspecified atom stereocenters. The third kappa shape index (κ3) is 2.86. The number of rotatable bonds is 4. The van der Waals surface area contributed by atoms with Gasteiger partial charge in [-0.15, -0.1) is 0 Å². The molecule has 0 aliphatic rings. The average Bonchev–Trinajstić information content (AvgIpc) is 2.83. The lowest BCUT2D eigenvalue weighted by Gasteiger charge is -2.12. The number of aromatic nitrogens is 4. The van der Waals surface area contributed by atoms with Gasteiger partial charge in [0.25, 0.3) is 0 Å². The third-order valence-electron chi connectivity index (χ3n) is 3.74. The minimum atomic E-state index is -0.249. The van der Waals surface area contributed by atoms with Crippen LogP contribution < -0.4 is 11.4 Å². The number of hydrogen-bond acceptors (Lipinski definition) is 4. The summed E-state index contributed by atoms with van der Waals surface area (Å²) in [5.41, 5.74) is 9.07. The van der Waals surface area contributed by atoms with Crippen LogP contribution in [0.5, 0.6) is 0 Å². The predicted molar refractivity (Wildman–Crippen MR) is 85.8 cm³/mol. The van der Waals surface area contributed by atoms with Crippen molar-refractivity contribution in [3.05, 3.63) is 57.9 Å². The van der Waals surface area contributed by atoms with Gasteiger partial charge >= 0.3 is 5.69 Å². The molecule has 22 heavy (non-hydrogen) atoms. The Labute approximate surface area is 128 Å². The lowest BCUT2D eigenvalue weighted by molar-refractivity contribution is 0.567. The number of benzene rings is 1. The smallest absolute Gasteiger partial charge is 0.349 e. The summed E-state index contributed by atoms with van der Waals surface area (Å²) < 4.78 is 1.48. The Hall–Kier alpha value is -2.63. The summed E-state index contributed by atoms with van der Waals surface area (Å²) in [5, 5.41) is 6.46. The van der Waals surface area contributed by atoms with Gasteiger partial charge in [0.15, 0.2) is 5.65 Å². The minimum Gasteiger partial charge on any atom is -0.399 e. The summed E-state index contributed by atoms with van der Waals surface area (Å²) >= 11 is 0. The van der Waals surface area contributed by atoms with Gasteiger partial charge in [-0.25, -0.2) is 19.3 Å². The molecule has 3 aromatic rings. The van der Waals surface area contributed by atoms with Crippen molar-refractivity contribution in [3.8, 4) is 0 Å². The maximum absolute atomic E-state index is 11.6. The van der Waals surface area contributed by atoms with Crippen LogP contribution in [0, 0.1) is 12.8 Å². The van der Waals surface area contributed by atoms with Crippen molar-refractivity contribution in [2.24, 2.45) is 5.92 Å². The normalized spacial score (nSPS) is 12.6. The first kappa shape index (κ1) is 14.3. The van der Waals surface area contributed by atoms with Gasteiger partial charge < -0.3 is 5.73 Å². The number of nitrogens with two attached hydrogens (primary N) is 1. The average molecular weight is 297 g/mol. The van der Waals surface area contributed by atoms with E-state index in [-0.39, 0.29) is 5.69 Å². The molecular formula is C16H19N5O. The Morgan fingerprint density at radius 1 is 1.27 bits per heavy atom. The Morgan fingerprint density at radius 3 is 2.73 bits per heavy atom. The summed E-state index contributed by atoms with van der Waals surface area (Å²) in [6.45, 7) is 4.01. The molecule has 1 atom stereocenters. The first-order valence-electron chi connectivity index (χ1n) is 7.31. The van der Waals surface area contributed by atoms with Gasteiger partial charge in [-0.05, 0) is 43.4 Å². The number of H-pyrrole nitrogens is 1. The lowest BCUT2D eigenvalue weighted by Crippen LogP contribution is -2.14. The summed E-state index contributed by atoms with van der Waals surface area (Å²) in [6.07, 6.45) is 1.79. The molecule has 114 valence electrons. The van der Waals surface area contributed by atoms with E-state index in [2.05, 4.69) is 34.2 Å². The molecule has 2 aromatic heterocycles. The second-order valence-electron chi connectivity index (χ2n) is 5.77. The highest BCUT2D eigenvalue weighted by molar-refractivity contribution is 5.40. The van der Waals surface area contributed by atoms with Crippen LogP contribution in [0.15, 0.2) is 35.1 Å². The van der Waals surface area contributed by atoms with Gasteiger partial charge in [-0.3, -0.25) is 0 Å². The minimum absolute atomic E-state index is 0.249. The molecule has 0 amide bonds. The Kier molecular flexibility index (Phi) is 3.66. The number of hydrogen-bond donors (Lipinski definition) is 2. The van der Waals surface area contributed by atoms with Crippen LogP contribution in [0.1, 0.15) is 24.0 Å². The van der Waals surface area contributed by atoms with Crippen LogP contribution in [-0.2, 0) is 12.8 Å². The standard InChI is InChI=1S/C16H19N5O/c1-10(7-12-3-5-13(17)6-4-12)8-14-9-15-19-20-16(22)21(15)11(2)18-14/h3-6,9-10H,7-8,17H2,1-2H3,(H,20,22). The van der Waals surface area contributed by atoms with Crippen LogP contribution >= 0.6 is 0 Å². The van der Waals surface area contributed by atoms with E-state index in [9.17, 15) is 4.79 Å².